The number of amides is 2. The third-order valence-electron chi connectivity index (χ3n) is 6.05. The first-order valence-corrected chi connectivity index (χ1v) is 11.2. The Bertz CT molecular complexity index is 1130. The van der Waals surface area contributed by atoms with Crippen LogP contribution in [0, 0.1) is 5.92 Å². The molecule has 0 saturated carbocycles. The molecule has 0 spiro atoms. The van der Waals surface area contributed by atoms with Crippen LogP contribution in [0.15, 0.2) is 60.8 Å². The van der Waals surface area contributed by atoms with E-state index in [4.69, 9.17) is 0 Å². The van der Waals surface area contributed by atoms with Gasteiger partial charge in [-0.15, -0.1) is 0 Å². The Morgan fingerprint density at radius 1 is 0.844 bits per heavy atom. The third kappa shape index (κ3) is 4.44. The van der Waals surface area contributed by atoms with Gasteiger partial charge in [-0.05, 0) is 30.5 Å². The predicted molar refractivity (Wildman–Crippen MR) is 125 cm³/mol. The molecule has 2 aromatic carbocycles. The van der Waals surface area contributed by atoms with Crippen molar-refractivity contribution in [1.29, 1.82) is 0 Å². The Morgan fingerprint density at radius 3 is 2.16 bits per heavy atom. The van der Waals surface area contributed by atoms with Crippen molar-refractivity contribution in [2.75, 3.05) is 26.2 Å². The molecule has 0 bridgehead atoms. The minimum absolute atomic E-state index is 0.0442. The summed E-state index contributed by atoms with van der Waals surface area (Å²) in [7, 11) is 0. The van der Waals surface area contributed by atoms with Gasteiger partial charge in [-0.2, -0.15) is 0 Å². The van der Waals surface area contributed by atoms with Crippen LogP contribution in [0.3, 0.4) is 0 Å². The Labute approximate surface area is 188 Å². The van der Waals surface area contributed by atoms with Crippen LogP contribution in [-0.4, -0.2) is 58.1 Å². The van der Waals surface area contributed by atoms with E-state index in [-0.39, 0.29) is 5.91 Å². The number of Topliss-reactive ketones (excluding diaryl/α,β-unsaturated/α-hetero) is 1. The van der Waals surface area contributed by atoms with E-state index >= 15 is 0 Å². The van der Waals surface area contributed by atoms with Gasteiger partial charge in [0.25, 0.3) is 17.6 Å². The first-order chi connectivity index (χ1) is 15.5. The molecule has 2 heterocycles. The first-order valence-electron chi connectivity index (χ1n) is 11.2. The van der Waals surface area contributed by atoms with E-state index in [0.29, 0.717) is 43.2 Å². The van der Waals surface area contributed by atoms with Gasteiger partial charge in [-0.25, -0.2) is 0 Å². The van der Waals surface area contributed by atoms with Crippen LogP contribution in [0.1, 0.15) is 41.0 Å². The lowest BCUT2D eigenvalue weighted by molar-refractivity contribution is -0.127. The van der Waals surface area contributed by atoms with Gasteiger partial charge in [0.2, 0.25) is 0 Å². The highest BCUT2D eigenvalue weighted by atomic mass is 16.2. The number of rotatable bonds is 6. The maximum absolute atomic E-state index is 13.2. The summed E-state index contributed by atoms with van der Waals surface area (Å²) in [6, 6.07) is 16.9. The minimum atomic E-state index is -0.497. The lowest BCUT2D eigenvalue weighted by Crippen LogP contribution is -2.52. The van der Waals surface area contributed by atoms with Gasteiger partial charge in [0.15, 0.2) is 0 Å². The number of piperazine rings is 1. The van der Waals surface area contributed by atoms with Crippen molar-refractivity contribution in [3.63, 3.8) is 0 Å². The molecule has 6 heteroatoms. The average Bonchev–Trinajstić information content (AvgIpc) is 3.20. The summed E-state index contributed by atoms with van der Waals surface area (Å²) in [5, 5.41) is 0.812. The fraction of sp³-hybridized carbons (Fsp3) is 0.346. The molecule has 2 amide bonds. The largest absolute Gasteiger partial charge is 0.347 e. The lowest BCUT2D eigenvalue weighted by Gasteiger charge is -2.34. The van der Waals surface area contributed by atoms with Crippen molar-refractivity contribution in [1.82, 2.24) is 14.4 Å². The van der Waals surface area contributed by atoms with Crippen LogP contribution in [0.25, 0.3) is 10.9 Å². The van der Waals surface area contributed by atoms with Gasteiger partial charge >= 0.3 is 0 Å². The summed E-state index contributed by atoms with van der Waals surface area (Å²) in [6.07, 6.45) is 2.82. The van der Waals surface area contributed by atoms with Crippen molar-refractivity contribution < 1.29 is 14.4 Å². The predicted octanol–water partition coefficient (Wildman–Crippen LogP) is 3.85. The summed E-state index contributed by atoms with van der Waals surface area (Å²) >= 11 is 0. The smallest absolute Gasteiger partial charge is 0.295 e. The molecule has 1 fully saturated rings. The van der Waals surface area contributed by atoms with Crippen LogP contribution in [0.2, 0.25) is 0 Å². The van der Waals surface area contributed by atoms with Gasteiger partial charge in [-0.3, -0.25) is 14.4 Å². The molecular weight excluding hydrogens is 402 g/mol. The quantitative estimate of drug-likeness (QED) is 0.440. The molecule has 1 aliphatic heterocycles. The molecule has 1 aliphatic rings. The summed E-state index contributed by atoms with van der Waals surface area (Å²) in [5.41, 5.74) is 2.07. The molecule has 0 N–H and O–H groups in total. The zero-order valence-electron chi connectivity index (χ0n) is 18.7. The Kier molecular flexibility index (Phi) is 6.40. The number of fused-ring (bicyclic) bond motifs is 1. The molecule has 4 rings (SSSR count). The van der Waals surface area contributed by atoms with E-state index in [1.807, 2.05) is 48.7 Å². The molecule has 1 aromatic heterocycles. The molecule has 0 radical (unpaired) electrons. The second-order valence-corrected chi connectivity index (χ2v) is 8.72. The summed E-state index contributed by atoms with van der Waals surface area (Å²) in [5.74, 6) is -0.472. The van der Waals surface area contributed by atoms with Gasteiger partial charge in [-0.1, -0.05) is 50.2 Å². The average molecular weight is 432 g/mol. The number of carbonyl (C=O) groups is 3. The van der Waals surface area contributed by atoms with Gasteiger partial charge < -0.3 is 14.4 Å². The van der Waals surface area contributed by atoms with Crippen LogP contribution < -0.4 is 0 Å². The number of aromatic nitrogens is 1. The number of nitrogens with zero attached hydrogens (tertiary/aromatic N) is 3. The molecule has 6 nitrogen and oxygen atoms in total. The number of benzene rings is 2. The fourth-order valence-corrected chi connectivity index (χ4v) is 4.14. The zero-order chi connectivity index (χ0) is 22.7. The van der Waals surface area contributed by atoms with E-state index < -0.39 is 11.7 Å². The van der Waals surface area contributed by atoms with E-state index in [1.165, 1.54) is 0 Å². The van der Waals surface area contributed by atoms with Crippen LogP contribution in [0.4, 0.5) is 0 Å². The number of para-hydroxylation sites is 1. The van der Waals surface area contributed by atoms with E-state index in [9.17, 15) is 14.4 Å². The van der Waals surface area contributed by atoms with E-state index in [2.05, 4.69) is 18.4 Å². The maximum atomic E-state index is 13.2. The molecule has 0 unspecified atom stereocenters. The van der Waals surface area contributed by atoms with Crippen molar-refractivity contribution in [2.24, 2.45) is 5.92 Å². The number of ketones is 1. The minimum Gasteiger partial charge on any atom is -0.347 e. The highest BCUT2D eigenvalue weighted by Gasteiger charge is 2.30. The zero-order valence-corrected chi connectivity index (χ0v) is 18.7. The van der Waals surface area contributed by atoms with Crippen molar-refractivity contribution in [3.05, 3.63) is 71.9 Å². The van der Waals surface area contributed by atoms with Gasteiger partial charge in [0, 0.05) is 55.4 Å². The SMILES string of the molecule is CC(C)CCn1cc(C(=O)C(=O)N2CCN(C(=O)c3ccccc3)CC2)c2ccccc21. The fourth-order valence-electron chi connectivity index (χ4n) is 4.14. The summed E-state index contributed by atoms with van der Waals surface area (Å²) < 4.78 is 2.08. The molecule has 1 saturated heterocycles. The van der Waals surface area contributed by atoms with Gasteiger partial charge in [0.05, 0.1) is 5.56 Å². The topological polar surface area (TPSA) is 62.6 Å². The highest BCUT2D eigenvalue weighted by Crippen LogP contribution is 2.24. The first kappa shape index (κ1) is 21.8. The second kappa shape index (κ2) is 9.39. The Morgan fingerprint density at radius 2 is 1.47 bits per heavy atom. The van der Waals surface area contributed by atoms with E-state index in [1.54, 1.807) is 21.9 Å². The molecular formula is C26H29N3O3. The number of hydrogen-bond donors (Lipinski definition) is 0. The Hall–Kier alpha value is -3.41. The lowest BCUT2D eigenvalue weighted by atomic mass is 10.1. The number of carbonyl (C=O) groups excluding carboxylic acids is 3. The molecule has 166 valence electrons. The second-order valence-electron chi connectivity index (χ2n) is 8.72. The standard InChI is InChI=1S/C26H29N3O3/c1-19(2)12-13-29-18-22(21-10-6-7-11-23(21)29)24(30)26(32)28-16-14-27(15-17-28)25(31)20-8-4-3-5-9-20/h3-11,18-19H,12-17H2,1-2H3. The monoisotopic (exact) mass is 431 g/mol. The Balaban J connectivity index is 1.46. The summed E-state index contributed by atoms with van der Waals surface area (Å²) in [4.78, 5) is 42.1. The molecule has 0 aliphatic carbocycles. The van der Waals surface area contributed by atoms with Crippen LogP contribution >= 0.6 is 0 Å². The van der Waals surface area contributed by atoms with Crippen molar-refractivity contribution in [3.8, 4) is 0 Å². The molecule has 32 heavy (non-hydrogen) atoms. The third-order valence-corrected chi connectivity index (χ3v) is 6.05. The maximum Gasteiger partial charge on any atom is 0.295 e. The van der Waals surface area contributed by atoms with Crippen LogP contribution in [-0.2, 0) is 11.3 Å². The normalized spacial score (nSPS) is 14.2. The highest BCUT2D eigenvalue weighted by molar-refractivity contribution is 6.44. The molecule has 0 atom stereocenters. The van der Waals surface area contributed by atoms with Crippen molar-refractivity contribution >= 4 is 28.5 Å². The summed E-state index contributed by atoms with van der Waals surface area (Å²) in [6.45, 7) is 6.70. The number of aryl methyl sites for hydroxylation is 1. The number of hydrogen-bond acceptors (Lipinski definition) is 3. The van der Waals surface area contributed by atoms with Crippen LogP contribution in [0.5, 0.6) is 0 Å². The van der Waals surface area contributed by atoms with Crippen molar-refractivity contribution in [2.45, 2.75) is 26.8 Å². The van der Waals surface area contributed by atoms with E-state index in [0.717, 1.165) is 23.9 Å². The molecule has 3 aromatic rings. The van der Waals surface area contributed by atoms with Gasteiger partial charge in [0.1, 0.15) is 0 Å².